The lowest BCUT2D eigenvalue weighted by Crippen LogP contribution is -2.33. The van der Waals surface area contributed by atoms with Crippen molar-refractivity contribution < 1.29 is 9.53 Å². The van der Waals surface area contributed by atoms with Gasteiger partial charge in [-0.1, -0.05) is 42.8 Å². The molecule has 0 spiro atoms. The molecule has 0 bridgehead atoms. The molecule has 5 nitrogen and oxygen atoms in total. The summed E-state index contributed by atoms with van der Waals surface area (Å²) in [5.41, 5.74) is 1.95. The fourth-order valence-corrected chi connectivity index (χ4v) is 2.91. The van der Waals surface area contributed by atoms with Gasteiger partial charge in [0.15, 0.2) is 0 Å². The van der Waals surface area contributed by atoms with E-state index in [1.807, 2.05) is 36.4 Å². The Balaban J connectivity index is 1.66. The number of para-hydroxylation sites is 2. The maximum absolute atomic E-state index is 12.0. The van der Waals surface area contributed by atoms with Crippen LogP contribution < -0.4 is 15.4 Å². The van der Waals surface area contributed by atoms with Crippen LogP contribution in [-0.2, 0) is 6.42 Å². The van der Waals surface area contributed by atoms with Crippen LogP contribution in [0.4, 0.5) is 10.5 Å². The molecule has 0 atom stereocenters. The Bertz CT molecular complexity index is 707. The number of ether oxygens (including phenoxy) is 1. The van der Waals surface area contributed by atoms with Crippen LogP contribution >= 0.6 is 11.6 Å². The van der Waals surface area contributed by atoms with Crippen molar-refractivity contribution in [1.82, 2.24) is 10.2 Å². The molecular formula is C21H28ClN3O2. The third kappa shape index (κ3) is 7.49. The number of carbonyl (C=O) groups excluding carboxylic acids is 1. The predicted molar refractivity (Wildman–Crippen MR) is 112 cm³/mol. The summed E-state index contributed by atoms with van der Waals surface area (Å²) in [5.74, 6) is 0.645. The first-order valence-corrected chi connectivity index (χ1v) is 9.65. The fraction of sp³-hybridized carbons (Fsp3) is 0.381. The highest BCUT2D eigenvalue weighted by atomic mass is 35.5. The molecule has 6 heteroatoms. The first kappa shape index (κ1) is 21.1. The van der Waals surface area contributed by atoms with Gasteiger partial charge in [0, 0.05) is 18.1 Å². The van der Waals surface area contributed by atoms with E-state index in [0.717, 1.165) is 37.5 Å². The summed E-state index contributed by atoms with van der Waals surface area (Å²) >= 11 is 5.92. The Kier molecular flexibility index (Phi) is 8.95. The zero-order valence-corrected chi connectivity index (χ0v) is 16.8. The molecule has 2 aromatic carbocycles. The van der Waals surface area contributed by atoms with E-state index in [9.17, 15) is 4.79 Å². The summed E-state index contributed by atoms with van der Waals surface area (Å²) in [4.78, 5) is 14.4. The highest BCUT2D eigenvalue weighted by Gasteiger charge is 2.07. The lowest BCUT2D eigenvalue weighted by molar-refractivity contribution is 0.249. The number of benzene rings is 2. The summed E-state index contributed by atoms with van der Waals surface area (Å²) in [5, 5.41) is 6.48. The molecule has 0 radical (unpaired) electrons. The van der Waals surface area contributed by atoms with Crippen LogP contribution in [0.5, 0.6) is 5.75 Å². The van der Waals surface area contributed by atoms with E-state index in [2.05, 4.69) is 34.6 Å². The third-order valence-electron chi connectivity index (χ3n) is 4.37. The number of rotatable bonds is 10. The number of likely N-dealkylation sites (N-methyl/N-ethyl adjacent to an activating group) is 1. The molecule has 0 saturated carbocycles. The van der Waals surface area contributed by atoms with Gasteiger partial charge in [-0.05, 0) is 55.8 Å². The highest BCUT2D eigenvalue weighted by Crippen LogP contribution is 2.22. The largest absolute Gasteiger partial charge is 0.495 e. The number of carbonyl (C=O) groups is 1. The minimum atomic E-state index is -0.219. The Morgan fingerprint density at radius 2 is 1.85 bits per heavy atom. The first-order valence-electron chi connectivity index (χ1n) is 9.27. The molecule has 0 fully saturated rings. The summed E-state index contributed by atoms with van der Waals surface area (Å²) in [6.45, 7) is 5.70. The van der Waals surface area contributed by atoms with Crippen molar-refractivity contribution in [2.45, 2.75) is 19.8 Å². The van der Waals surface area contributed by atoms with Gasteiger partial charge in [0.1, 0.15) is 5.75 Å². The number of halogens is 1. The minimum absolute atomic E-state index is 0.219. The van der Waals surface area contributed by atoms with E-state index in [0.29, 0.717) is 18.0 Å². The lowest BCUT2D eigenvalue weighted by Gasteiger charge is -2.20. The Labute approximate surface area is 166 Å². The molecule has 0 heterocycles. The van der Waals surface area contributed by atoms with Gasteiger partial charge < -0.3 is 20.3 Å². The van der Waals surface area contributed by atoms with Gasteiger partial charge in [0.05, 0.1) is 12.8 Å². The molecule has 0 saturated heterocycles. The lowest BCUT2D eigenvalue weighted by atomic mass is 10.1. The number of hydrogen-bond acceptors (Lipinski definition) is 3. The standard InChI is InChI=1S/C21H28ClN3O2/c1-3-25(16-13-17-9-11-18(22)12-10-17)15-6-14-23-21(26)24-19-7-4-5-8-20(19)27-2/h4-5,7-12H,3,6,13-16H2,1-2H3,(H2,23,24,26). The minimum Gasteiger partial charge on any atom is -0.495 e. The molecule has 2 amide bonds. The van der Waals surface area contributed by atoms with Gasteiger partial charge in [-0.2, -0.15) is 0 Å². The van der Waals surface area contributed by atoms with Gasteiger partial charge in [-0.25, -0.2) is 4.79 Å². The van der Waals surface area contributed by atoms with E-state index >= 15 is 0 Å². The van der Waals surface area contributed by atoms with Crippen LogP contribution in [-0.4, -0.2) is 44.2 Å². The molecule has 0 aliphatic rings. The van der Waals surface area contributed by atoms with Crippen LogP contribution in [0.3, 0.4) is 0 Å². The SMILES string of the molecule is CCN(CCCNC(=O)Nc1ccccc1OC)CCc1ccc(Cl)cc1. The van der Waals surface area contributed by atoms with E-state index in [4.69, 9.17) is 16.3 Å². The van der Waals surface area contributed by atoms with Crippen molar-refractivity contribution in [3.63, 3.8) is 0 Å². The molecule has 27 heavy (non-hydrogen) atoms. The van der Waals surface area contributed by atoms with E-state index in [1.165, 1.54) is 5.56 Å². The van der Waals surface area contributed by atoms with Crippen molar-refractivity contribution in [2.24, 2.45) is 0 Å². The van der Waals surface area contributed by atoms with E-state index in [1.54, 1.807) is 7.11 Å². The highest BCUT2D eigenvalue weighted by molar-refractivity contribution is 6.30. The summed E-state index contributed by atoms with van der Waals surface area (Å²) in [7, 11) is 1.59. The predicted octanol–water partition coefficient (Wildman–Crippen LogP) is 4.42. The smallest absolute Gasteiger partial charge is 0.319 e. The average molecular weight is 390 g/mol. The number of hydrogen-bond donors (Lipinski definition) is 2. The zero-order chi connectivity index (χ0) is 19.5. The number of nitrogens with one attached hydrogen (secondary N) is 2. The van der Waals surface area contributed by atoms with Gasteiger partial charge in [-0.3, -0.25) is 0 Å². The van der Waals surface area contributed by atoms with Crippen molar-refractivity contribution in [2.75, 3.05) is 38.6 Å². The molecule has 0 aromatic heterocycles. The second-order valence-electron chi connectivity index (χ2n) is 6.25. The Morgan fingerprint density at radius 1 is 1.11 bits per heavy atom. The van der Waals surface area contributed by atoms with Crippen LogP contribution in [0.25, 0.3) is 0 Å². The van der Waals surface area contributed by atoms with Gasteiger partial charge >= 0.3 is 6.03 Å². The second kappa shape index (κ2) is 11.5. The second-order valence-corrected chi connectivity index (χ2v) is 6.68. The Hall–Kier alpha value is -2.24. The van der Waals surface area contributed by atoms with Crippen LogP contribution in [0.15, 0.2) is 48.5 Å². The fourth-order valence-electron chi connectivity index (χ4n) is 2.79. The van der Waals surface area contributed by atoms with Gasteiger partial charge in [0.25, 0.3) is 0 Å². The molecule has 2 N–H and O–H groups in total. The molecule has 0 aliphatic carbocycles. The maximum Gasteiger partial charge on any atom is 0.319 e. The van der Waals surface area contributed by atoms with Crippen LogP contribution in [0.1, 0.15) is 18.9 Å². The first-order chi connectivity index (χ1) is 13.1. The summed E-state index contributed by atoms with van der Waals surface area (Å²) in [6, 6.07) is 15.1. The van der Waals surface area contributed by atoms with Crippen molar-refractivity contribution >= 4 is 23.3 Å². The number of urea groups is 1. The number of anilines is 1. The molecule has 0 unspecified atom stereocenters. The number of methoxy groups -OCH3 is 1. The summed E-state index contributed by atoms with van der Waals surface area (Å²) < 4.78 is 5.23. The van der Waals surface area contributed by atoms with E-state index < -0.39 is 0 Å². The van der Waals surface area contributed by atoms with Crippen molar-refractivity contribution in [3.05, 3.63) is 59.1 Å². The topological polar surface area (TPSA) is 53.6 Å². The molecule has 2 rings (SSSR count). The monoisotopic (exact) mass is 389 g/mol. The van der Waals surface area contributed by atoms with Crippen molar-refractivity contribution in [1.29, 1.82) is 0 Å². The van der Waals surface area contributed by atoms with Crippen LogP contribution in [0.2, 0.25) is 5.02 Å². The molecule has 0 aliphatic heterocycles. The molecule has 2 aromatic rings. The number of nitrogens with zero attached hydrogens (tertiary/aromatic N) is 1. The zero-order valence-electron chi connectivity index (χ0n) is 16.0. The maximum atomic E-state index is 12.0. The average Bonchev–Trinajstić information content (AvgIpc) is 2.69. The number of amides is 2. The van der Waals surface area contributed by atoms with E-state index in [-0.39, 0.29) is 6.03 Å². The summed E-state index contributed by atoms with van der Waals surface area (Å²) in [6.07, 6.45) is 1.89. The third-order valence-corrected chi connectivity index (χ3v) is 4.62. The molecule has 146 valence electrons. The normalized spacial score (nSPS) is 10.7. The van der Waals surface area contributed by atoms with Gasteiger partial charge in [-0.15, -0.1) is 0 Å². The molecular weight excluding hydrogens is 362 g/mol. The van der Waals surface area contributed by atoms with Crippen molar-refractivity contribution in [3.8, 4) is 5.75 Å². The Morgan fingerprint density at radius 3 is 2.56 bits per heavy atom. The van der Waals surface area contributed by atoms with Gasteiger partial charge in [0.2, 0.25) is 0 Å². The van der Waals surface area contributed by atoms with Crippen LogP contribution in [0, 0.1) is 0 Å². The quantitative estimate of drug-likeness (QED) is 0.591.